The molecule has 0 spiro atoms. The van der Waals surface area contributed by atoms with Gasteiger partial charge in [-0.1, -0.05) is 0 Å². The van der Waals surface area contributed by atoms with Gasteiger partial charge in [-0.25, -0.2) is 4.98 Å². The van der Waals surface area contributed by atoms with E-state index in [2.05, 4.69) is 15.2 Å². The van der Waals surface area contributed by atoms with Crippen LogP contribution in [0.4, 0.5) is 0 Å². The lowest BCUT2D eigenvalue weighted by molar-refractivity contribution is 0.719. The Morgan fingerprint density at radius 1 is 1.54 bits per heavy atom. The van der Waals surface area contributed by atoms with Crippen LogP contribution < -0.4 is 5.56 Å². The number of hydrogen-bond acceptors (Lipinski definition) is 3. The first-order valence-corrected chi connectivity index (χ1v) is 4.29. The molecule has 0 saturated heterocycles. The van der Waals surface area contributed by atoms with Crippen molar-refractivity contribution in [2.45, 2.75) is 19.4 Å². The molecule has 0 unspecified atom stereocenters. The van der Waals surface area contributed by atoms with Gasteiger partial charge < -0.3 is 0 Å². The number of aromatic amines is 1. The monoisotopic (exact) mass is 176 g/mol. The fraction of sp³-hybridized carbons (Fsp3) is 0.375. The second-order valence-corrected chi connectivity index (χ2v) is 3.22. The predicted molar refractivity (Wildman–Crippen MR) is 46.5 cm³/mol. The molecule has 0 bridgehead atoms. The summed E-state index contributed by atoms with van der Waals surface area (Å²) in [5.41, 5.74) is 0.643. The van der Waals surface area contributed by atoms with Crippen LogP contribution in [0.15, 0.2) is 11.0 Å². The number of aryl methyl sites for hydroxylation is 1. The Morgan fingerprint density at radius 2 is 2.46 bits per heavy atom. The first kappa shape index (κ1) is 6.82. The minimum atomic E-state index is 0.0336. The second kappa shape index (κ2) is 2.18. The average molecular weight is 176 g/mol. The zero-order chi connectivity index (χ0) is 8.84. The number of nitrogens with zero attached hydrogens (tertiary/aromatic N) is 3. The van der Waals surface area contributed by atoms with E-state index in [0.717, 1.165) is 25.2 Å². The van der Waals surface area contributed by atoms with Crippen molar-refractivity contribution in [1.82, 2.24) is 19.7 Å². The minimum absolute atomic E-state index is 0.0336. The summed E-state index contributed by atoms with van der Waals surface area (Å²) < 4.78 is 1.73. The van der Waals surface area contributed by atoms with Crippen molar-refractivity contribution in [2.24, 2.45) is 0 Å². The van der Waals surface area contributed by atoms with Crippen LogP contribution in [-0.2, 0) is 13.0 Å². The third-order valence-electron chi connectivity index (χ3n) is 2.43. The SMILES string of the molecule is O=c1c2cn[nH]c2nc2n1CCC2. The molecule has 0 saturated carbocycles. The van der Waals surface area contributed by atoms with Gasteiger partial charge in [-0.3, -0.25) is 14.5 Å². The summed E-state index contributed by atoms with van der Waals surface area (Å²) in [7, 11) is 0. The van der Waals surface area contributed by atoms with Gasteiger partial charge in [0.05, 0.1) is 6.20 Å². The molecule has 2 aromatic heterocycles. The molecule has 13 heavy (non-hydrogen) atoms. The van der Waals surface area contributed by atoms with Gasteiger partial charge >= 0.3 is 0 Å². The van der Waals surface area contributed by atoms with E-state index < -0.39 is 0 Å². The highest BCUT2D eigenvalue weighted by atomic mass is 16.1. The van der Waals surface area contributed by atoms with Crippen molar-refractivity contribution in [2.75, 3.05) is 0 Å². The van der Waals surface area contributed by atoms with Crippen molar-refractivity contribution in [1.29, 1.82) is 0 Å². The topological polar surface area (TPSA) is 63.6 Å². The standard InChI is InChI=1S/C8H8N4O/c13-8-5-4-9-11-7(5)10-6-2-1-3-12(6)8/h4H,1-3H2,(H,9,11). The molecule has 1 aliphatic rings. The Hall–Kier alpha value is -1.65. The Bertz CT molecular complexity index is 524. The van der Waals surface area contributed by atoms with Gasteiger partial charge in [0.2, 0.25) is 0 Å². The van der Waals surface area contributed by atoms with Gasteiger partial charge in [-0.2, -0.15) is 5.10 Å². The fourth-order valence-electron chi connectivity index (χ4n) is 1.79. The molecule has 0 fully saturated rings. The van der Waals surface area contributed by atoms with Gasteiger partial charge in [0.1, 0.15) is 11.2 Å². The normalized spacial score (nSPS) is 15.1. The fourth-order valence-corrected chi connectivity index (χ4v) is 1.79. The van der Waals surface area contributed by atoms with E-state index in [1.54, 1.807) is 4.57 Å². The summed E-state index contributed by atoms with van der Waals surface area (Å²) in [6.07, 6.45) is 3.45. The van der Waals surface area contributed by atoms with Gasteiger partial charge in [-0.15, -0.1) is 0 Å². The predicted octanol–water partition coefficient (Wildman–Crippen LogP) is 0.0658. The van der Waals surface area contributed by atoms with E-state index in [4.69, 9.17) is 0 Å². The van der Waals surface area contributed by atoms with Crippen LogP contribution in [0.25, 0.3) is 11.0 Å². The molecule has 0 atom stereocenters. The maximum absolute atomic E-state index is 11.7. The molecule has 5 heteroatoms. The summed E-state index contributed by atoms with van der Waals surface area (Å²) in [4.78, 5) is 16.1. The van der Waals surface area contributed by atoms with Crippen molar-refractivity contribution in [3.63, 3.8) is 0 Å². The number of aromatic nitrogens is 4. The summed E-state index contributed by atoms with van der Waals surface area (Å²) in [5.74, 6) is 0.877. The quantitative estimate of drug-likeness (QED) is 0.617. The molecule has 3 heterocycles. The highest BCUT2D eigenvalue weighted by Gasteiger charge is 2.16. The van der Waals surface area contributed by atoms with E-state index in [9.17, 15) is 4.79 Å². The second-order valence-electron chi connectivity index (χ2n) is 3.22. The molecular formula is C8H8N4O. The van der Waals surface area contributed by atoms with E-state index >= 15 is 0 Å². The van der Waals surface area contributed by atoms with E-state index in [1.807, 2.05) is 0 Å². The Morgan fingerprint density at radius 3 is 3.38 bits per heavy atom. The lowest BCUT2D eigenvalue weighted by atomic mass is 10.3. The van der Waals surface area contributed by atoms with Crippen LogP contribution in [0.1, 0.15) is 12.2 Å². The lowest BCUT2D eigenvalue weighted by Gasteiger charge is -1.99. The van der Waals surface area contributed by atoms with Crippen LogP contribution in [0, 0.1) is 0 Å². The number of fused-ring (bicyclic) bond motifs is 2. The van der Waals surface area contributed by atoms with Gasteiger partial charge in [-0.05, 0) is 6.42 Å². The van der Waals surface area contributed by atoms with Crippen molar-refractivity contribution in [3.8, 4) is 0 Å². The number of hydrogen-bond donors (Lipinski definition) is 1. The summed E-state index contributed by atoms with van der Waals surface area (Å²) in [6, 6.07) is 0. The molecular weight excluding hydrogens is 168 g/mol. The van der Waals surface area contributed by atoms with E-state index in [1.165, 1.54) is 6.20 Å². The first-order chi connectivity index (χ1) is 6.36. The molecule has 5 nitrogen and oxygen atoms in total. The minimum Gasteiger partial charge on any atom is -0.296 e. The molecule has 0 radical (unpaired) electrons. The zero-order valence-corrected chi connectivity index (χ0v) is 6.95. The zero-order valence-electron chi connectivity index (χ0n) is 6.95. The van der Waals surface area contributed by atoms with Gasteiger partial charge in [0, 0.05) is 13.0 Å². The number of rotatable bonds is 0. The van der Waals surface area contributed by atoms with Crippen LogP contribution in [0.5, 0.6) is 0 Å². The lowest BCUT2D eigenvalue weighted by Crippen LogP contribution is -2.20. The van der Waals surface area contributed by atoms with Gasteiger partial charge in [0.25, 0.3) is 5.56 Å². The summed E-state index contributed by atoms with van der Waals surface area (Å²) >= 11 is 0. The first-order valence-electron chi connectivity index (χ1n) is 4.29. The molecule has 1 N–H and O–H groups in total. The molecule has 0 aliphatic carbocycles. The average Bonchev–Trinajstić information content (AvgIpc) is 2.71. The largest absolute Gasteiger partial charge is 0.296 e. The molecule has 2 aromatic rings. The van der Waals surface area contributed by atoms with Crippen molar-refractivity contribution < 1.29 is 0 Å². The third-order valence-corrected chi connectivity index (χ3v) is 2.43. The Labute approximate surface area is 73.4 Å². The van der Waals surface area contributed by atoms with Crippen LogP contribution in [0.2, 0.25) is 0 Å². The highest BCUT2D eigenvalue weighted by Crippen LogP contribution is 2.11. The van der Waals surface area contributed by atoms with Crippen molar-refractivity contribution in [3.05, 3.63) is 22.4 Å². The maximum atomic E-state index is 11.7. The van der Waals surface area contributed by atoms with Crippen LogP contribution >= 0.6 is 0 Å². The molecule has 0 amide bonds. The van der Waals surface area contributed by atoms with Crippen LogP contribution in [-0.4, -0.2) is 19.7 Å². The Kier molecular flexibility index (Phi) is 1.15. The molecule has 0 aromatic carbocycles. The maximum Gasteiger partial charge on any atom is 0.264 e. The van der Waals surface area contributed by atoms with Gasteiger partial charge in [0.15, 0.2) is 5.65 Å². The van der Waals surface area contributed by atoms with E-state index in [-0.39, 0.29) is 5.56 Å². The van der Waals surface area contributed by atoms with E-state index in [0.29, 0.717) is 11.0 Å². The number of H-pyrrole nitrogens is 1. The highest BCUT2D eigenvalue weighted by molar-refractivity contribution is 5.72. The third kappa shape index (κ3) is 0.783. The number of nitrogens with one attached hydrogen (secondary N) is 1. The van der Waals surface area contributed by atoms with Crippen molar-refractivity contribution >= 4 is 11.0 Å². The molecule has 66 valence electrons. The molecule has 3 rings (SSSR count). The summed E-state index contributed by atoms with van der Waals surface area (Å²) in [6.45, 7) is 0.794. The Balaban J connectivity index is 2.53. The smallest absolute Gasteiger partial charge is 0.264 e. The molecule has 1 aliphatic heterocycles. The summed E-state index contributed by atoms with van der Waals surface area (Å²) in [5, 5.41) is 7.11. The van der Waals surface area contributed by atoms with Crippen LogP contribution in [0.3, 0.4) is 0 Å².